The number of nitrogens with zero attached hydrogens (tertiary/aromatic N) is 3. The van der Waals surface area contributed by atoms with Gasteiger partial charge in [0.1, 0.15) is 0 Å². The second-order valence-electron chi connectivity index (χ2n) is 17.0. The molecule has 3 aromatic carbocycles. The summed E-state index contributed by atoms with van der Waals surface area (Å²) in [4.78, 5) is 107. The third kappa shape index (κ3) is 24.7. The first-order chi connectivity index (χ1) is 34.9. The second-order valence-corrected chi connectivity index (χ2v) is 17.0. The molecule has 0 spiro atoms. The largest absolute Gasteiger partial charge is 0.355 e. The van der Waals surface area contributed by atoms with Gasteiger partial charge in [0, 0.05) is 176 Å². The van der Waals surface area contributed by atoms with Gasteiger partial charge >= 0.3 is 11.8 Å². The van der Waals surface area contributed by atoms with E-state index in [9.17, 15) is 38.4 Å². The molecule has 0 aliphatic heterocycles. The van der Waals surface area contributed by atoms with Crippen molar-refractivity contribution in [3.8, 4) is 0 Å². The summed E-state index contributed by atoms with van der Waals surface area (Å²) in [5.74, 6) is -2.89. The van der Waals surface area contributed by atoms with Crippen molar-refractivity contribution >= 4 is 68.8 Å². The molecule has 23 nitrogen and oxygen atoms in total. The van der Waals surface area contributed by atoms with E-state index in [1.54, 1.807) is 0 Å². The Morgan fingerprint density at radius 3 is 0.944 bits per heavy atom. The van der Waals surface area contributed by atoms with E-state index in [2.05, 4.69) is 48.6 Å². The fourth-order valence-corrected chi connectivity index (χ4v) is 7.60. The van der Waals surface area contributed by atoms with Gasteiger partial charge in [0.2, 0.25) is 35.4 Å². The summed E-state index contributed by atoms with van der Waals surface area (Å²) in [5.41, 5.74) is 22.9. The molecule has 398 valence electrons. The van der Waals surface area contributed by atoms with E-state index in [1.165, 1.54) is 0 Å². The molecule has 0 aliphatic carbocycles. The van der Waals surface area contributed by atoms with E-state index in [4.69, 9.17) is 22.9 Å². The van der Waals surface area contributed by atoms with Gasteiger partial charge in [0.15, 0.2) is 0 Å². The molecule has 8 amide bonds. The first-order valence-electron chi connectivity index (χ1n) is 24.9. The molecular weight excluding hydrogens is 927 g/mol. The number of amides is 8. The topological polar surface area (TPSA) is 347 Å². The van der Waals surface area contributed by atoms with Crippen molar-refractivity contribution in [3.63, 3.8) is 0 Å². The van der Waals surface area contributed by atoms with Gasteiger partial charge < -0.3 is 80.2 Å². The average molecular weight is 1010 g/mol. The van der Waals surface area contributed by atoms with Crippen LogP contribution >= 0.6 is 0 Å². The fourth-order valence-electron chi connectivity index (χ4n) is 7.60. The number of hydrogen-bond acceptors (Lipinski definition) is 15. The second kappa shape index (κ2) is 35.7. The van der Waals surface area contributed by atoms with Crippen LogP contribution in [-0.2, 0) is 44.9 Å². The summed E-state index contributed by atoms with van der Waals surface area (Å²) >= 11 is 0. The van der Waals surface area contributed by atoms with Gasteiger partial charge in [-0.15, -0.1) is 0 Å². The van der Waals surface area contributed by atoms with Crippen LogP contribution < -0.4 is 65.5 Å². The van der Waals surface area contributed by atoms with Gasteiger partial charge in [-0.25, -0.2) is 0 Å². The summed E-state index contributed by atoms with van der Waals surface area (Å²) in [5, 5.41) is 26.1. The third-order valence-electron chi connectivity index (χ3n) is 11.5. The Morgan fingerprint density at radius 1 is 0.347 bits per heavy atom. The normalized spacial score (nSPS) is 11.2. The highest BCUT2D eigenvalue weighted by Crippen LogP contribution is 2.28. The average Bonchev–Trinajstić information content (AvgIpc) is 3.38. The Hall–Kier alpha value is -6.34. The van der Waals surface area contributed by atoms with Gasteiger partial charge in [-0.1, -0.05) is 48.5 Å². The molecule has 0 aromatic heterocycles. The molecule has 0 atom stereocenters. The Morgan fingerprint density at radius 2 is 0.625 bits per heavy atom. The standard InChI is InChI=1S/C49H79N15O8/c50-15-19-54-42(65)9-26-62(27-10-43(66)55-20-16-51)32-23-58-46(69)13-30-64(31-14-47(70)59-24-33-63(28-11-44(67)56-21-17-52)29-12-45(68)57-22-18-53)34-25-60-48(71)49(72)61-36-41-39-7-3-1-5-37(39)35-38-6-2-4-8-40(38)41/h1-8,35H,9-34,36,50-53H2,(H,54,65)(H,55,66)(H,56,67)(H,57,68)(H,58,69)(H,59,70)(H,60,71)(H,61,72). The van der Waals surface area contributed by atoms with Crippen molar-refractivity contribution < 1.29 is 38.4 Å². The van der Waals surface area contributed by atoms with Gasteiger partial charge in [-0.2, -0.15) is 0 Å². The summed E-state index contributed by atoms with van der Waals surface area (Å²) in [6, 6.07) is 17.8. The summed E-state index contributed by atoms with van der Waals surface area (Å²) in [7, 11) is 0. The van der Waals surface area contributed by atoms with Crippen LogP contribution in [0.5, 0.6) is 0 Å². The molecule has 3 rings (SSSR count). The Balaban J connectivity index is 1.60. The van der Waals surface area contributed by atoms with E-state index in [0.29, 0.717) is 91.6 Å². The summed E-state index contributed by atoms with van der Waals surface area (Å²) in [6.07, 6.45) is 0.821. The smallest absolute Gasteiger partial charge is 0.309 e. The Kier molecular flexibility index (Phi) is 29.7. The Bertz CT molecular complexity index is 2000. The zero-order valence-corrected chi connectivity index (χ0v) is 41.7. The Labute approximate surface area is 422 Å². The number of benzene rings is 3. The van der Waals surface area contributed by atoms with Crippen LogP contribution in [-0.4, -0.2) is 193 Å². The highest BCUT2D eigenvalue weighted by Gasteiger charge is 2.18. The van der Waals surface area contributed by atoms with Crippen LogP contribution in [0.15, 0.2) is 54.6 Å². The van der Waals surface area contributed by atoms with Crippen molar-refractivity contribution in [1.82, 2.24) is 57.2 Å². The molecular formula is C49H79N15O8. The molecule has 16 N–H and O–H groups in total. The van der Waals surface area contributed by atoms with E-state index in [-0.39, 0.29) is 120 Å². The van der Waals surface area contributed by atoms with E-state index < -0.39 is 11.8 Å². The number of nitrogens with two attached hydrogens (primary N) is 4. The molecule has 0 saturated carbocycles. The minimum Gasteiger partial charge on any atom is -0.355 e. The maximum atomic E-state index is 13.2. The predicted octanol–water partition coefficient (Wildman–Crippen LogP) is -3.50. The van der Waals surface area contributed by atoms with Crippen LogP contribution in [0, 0.1) is 0 Å². The molecule has 0 fully saturated rings. The number of carbonyl (C=O) groups excluding carboxylic acids is 8. The minimum atomic E-state index is -0.827. The maximum Gasteiger partial charge on any atom is 0.309 e. The van der Waals surface area contributed by atoms with Crippen molar-refractivity contribution in [1.29, 1.82) is 0 Å². The van der Waals surface area contributed by atoms with Crippen molar-refractivity contribution in [2.45, 2.75) is 45.1 Å². The van der Waals surface area contributed by atoms with Gasteiger partial charge in [0.25, 0.3) is 0 Å². The summed E-state index contributed by atoms with van der Waals surface area (Å²) < 4.78 is 0. The van der Waals surface area contributed by atoms with E-state index in [1.807, 2.05) is 63.2 Å². The number of carbonyl (C=O) groups is 8. The molecule has 0 radical (unpaired) electrons. The third-order valence-corrected chi connectivity index (χ3v) is 11.5. The highest BCUT2D eigenvalue weighted by molar-refractivity contribution is 6.35. The van der Waals surface area contributed by atoms with Crippen LogP contribution in [0.2, 0.25) is 0 Å². The molecule has 0 unspecified atom stereocenters. The van der Waals surface area contributed by atoms with Gasteiger partial charge in [-0.05, 0) is 33.2 Å². The van der Waals surface area contributed by atoms with E-state index >= 15 is 0 Å². The predicted molar refractivity (Wildman–Crippen MR) is 278 cm³/mol. The number of rotatable bonds is 37. The van der Waals surface area contributed by atoms with Crippen LogP contribution in [0.25, 0.3) is 21.5 Å². The minimum absolute atomic E-state index is 0.0463. The molecule has 0 aliphatic rings. The van der Waals surface area contributed by atoms with Crippen LogP contribution in [0.3, 0.4) is 0 Å². The number of fused-ring (bicyclic) bond motifs is 2. The van der Waals surface area contributed by atoms with Crippen LogP contribution in [0.1, 0.15) is 44.1 Å². The quantitative estimate of drug-likeness (QED) is 0.0197. The first kappa shape index (κ1) is 60.0. The number of hydrogen-bond donors (Lipinski definition) is 12. The zero-order valence-electron chi connectivity index (χ0n) is 41.7. The monoisotopic (exact) mass is 1010 g/mol. The molecule has 0 saturated heterocycles. The van der Waals surface area contributed by atoms with Crippen molar-refractivity contribution in [2.75, 3.05) is 131 Å². The molecule has 72 heavy (non-hydrogen) atoms. The van der Waals surface area contributed by atoms with E-state index in [0.717, 1.165) is 27.1 Å². The first-order valence-corrected chi connectivity index (χ1v) is 24.9. The lowest BCUT2D eigenvalue weighted by atomic mass is 9.97. The molecule has 23 heteroatoms. The summed E-state index contributed by atoms with van der Waals surface area (Å²) in [6.45, 7) is 6.08. The van der Waals surface area contributed by atoms with Gasteiger partial charge in [0.05, 0.1) is 0 Å². The SMILES string of the molecule is NCCNC(=O)CCN(CCNC(=O)CCN(CCNC(=O)C(=O)NCc1c2ccccc2cc2ccccc12)CCC(=O)NCCN(CCC(=O)NCCN)CCC(=O)NCCN)CCC(=O)NCCN. The molecule has 0 bridgehead atoms. The fraction of sp³-hybridized carbons (Fsp3) is 0.551. The maximum absolute atomic E-state index is 13.2. The van der Waals surface area contributed by atoms with Crippen LogP contribution in [0.4, 0.5) is 0 Å². The zero-order chi connectivity index (χ0) is 52.4. The lowest BCUT2D eigenvalue weighted by molar-refractivity contribution is -0.139. The molecule has 0 heterocycles. The number of nitrogens with one attached hydrogen (secondary N) is 8. The molecule has 3 aromatic rings. The lowest BCUT2D eigenvalue weighted by Crippen LogP contribution is -2.44. The lowest BCUT2D eigenvalue weighted by Gasteiger charge is -2.24. The van der Waals surface area contributed by atoms with Crippen molar-refractivity contribution in [2.24, 2.45) is 22.9 Å². The van der Waals surface area contributed by atoms with Gasteiger partial charge in [-0.3, -0.25) is 38.4 Å². The van der Waals surface area contributed by atoms with Crippen molar-refractivity contribution in [3.05, 3.63) is 60.2 Å². The highest BCUT2D eigenvalue weighted by atomic mass is 16.2.